The topological polar surface area (TPSA) is 91.7 Å². The summed E-state index contributed by atoms with van der Waals surface area (Å²) in [5.41, 5.74) is 2.39. The van der Waals surface area contributed by atoms with Crippen LogP contribution in [0.2, 0.25) is 0 Å². The summed E-state index contributed by atoms with van der Waals surface area (Å²) in [5.74, 6) is 1.07. The molecule has 0 heterocycles. The molecule has 4 rings (SSSR count). The van der Waals surface area contributed by atoms with E-state index in [0.29, 0.717) is 40.4 Å². The highest BCUT2D eigenvalue weighted by Crippen LogP contribution is 2.40. The van der Waals surface area contributed by atoms with E-state index in [1.165, 1.54) is 7.11 Å². The van der Waals surface area contributed by atoms with E-state index in [4.69, 9.17) is 14.7 Å². The van der Waals surface area contributed by atoms with E-state index in [1.54, 1.807) is 57.4 Å². The fraction of sp³-hybridized carbons (Fsp3) is 0.242. The summed E-state index contributed by atoms with van der Waals surface area (Å²) in [7, 11) is 3.00. The van der Waals surface area contributed by atoms with Crippen molar-refractivity contribution in [2.45, 2.75) is 40.0 Å². The number of nitrogens with zero attached hydrogens (tertiary/aromatic N) is 5. The van der Waals surface area contributed by atoms with Gasteiger partial charge in [0.2, 0.25) is 0 Å². The Balaban J connectivity index is 0.000000259. The molecule has 240 valence electrons. The molecule has 13 heteroatoms. The van der Waals surface area contributed by atoms with Gasteiger partial charge >= 0.3 is 12.4 Å². The van der Waals surface area contributed by atoms with Crippen molar-refractivity contribution in [1.82, 2.24) is 0 Å². The summed E-state index contributed by atoms with van der Waals surface area (Å²) < 4.78 is 87.7. The van der Waals surface area contributed by atoms with Crippen LogP contribution in [0.5, 0.6) is 11.5 Å². The molecule has 4 aromatic carbocycles. The monoisotopic (exact) mass is 641 g/mol. The Morgan fingerprint density at radius 2 is 0.978 bits per heavy atom. The lowest BCUT2D eigenvalue weighted by molar-refractivity contribution is -0.143. The number of rotatable bonds is 6. The zero-order valence-corrected chi connectivity index (χ0v) is 25.7. The fourth-order valence-electron chi connectivity index (χ4n) is 4.37. The van der Waals surface area contributed by atoms with Crippen LogP contribution in [0.1, 0.15) is 38.9 Å². The molecule has 0 atom stereocenters. The van der Waals surface area contributed by atoms with E-state index in [0.717, 1.165) is 22.4 Å². The Morgan fingerprint density at radius 1 is 0.565 bits per heavy atom. The number of nitriles is 1. The molecule has 0 aromatic heterocycles. The first-order valence-corrected chi connectivity index (χ1v) is 13.5. The van der Waals surface area contributed by atoms with Crippen LogP contribution < -0.4 is 9.47 Å². The van der Waals surface area contributed by atoms with Crippen molar-refractivity contribution in [3.05, 3.63) is 106 Å². The van der Waals surface area contributed by atoms with E-state index in [-0.39, 0.29) is 11.8 Å². The van der Waals surface area contributed by atoms with Gasteiger partial charge < -0.3 is 9.47 Å². The first kappa shape index (κ1) is 35.2. The van der Waals surface area contributed by atoms with Crippen molar-refractivity contribution in [2.75, 3.05) is 14.2 Å². The number of hydrogen-bond donors (Lipinski definition) is 0. The van der Waals surface area contributed by atoms with E-state index in [9.17, 15) is 26.3 Å². The molecular weight excluding hydrogens is 612 g/mol. The highest BCUT2D eigenvalue weighted by atomic mass is 19.4. The van der Waals surface area contributed by atoms with Crippen molar-refractivity contribution in [3.63, 3.8) is 0 Å². The predicted molar refractivity (Wildman–Crippen MR) is 161 cm³/mol. The van der Waals surface area contributed by atoms with Gasteiger partial charge in [-0.1, -0.05) is 12.1 Å². The second kappa shape index (κ2) is 14.7. The quantitative estimate of drug-likeness (QED) is 0.155. The smallest absolute Gasteiger partial charge is 0.416 e. The number of alkyl halides is 6. The lowest BCUT2D eigenvalue weighted by atomic mass is 10.1. The van der Waals surface area contributed by atoms with Crippen LogP contribution in [0.25, 0.3) is 0 Å². The van der Waals surface area contributed by atoms with E-state index < -0.39 is 29.2 Å². The molecule has 0 saturated carbocycles. The molecule has 0 radical (unpaired) electrons. The number of aryl methyl sites for hydroxylation is 4. The molecule has 0 aliphatic rings. The SMILES string of the molecule is COc1c(C)cc(C)cc1N=Nc1cc(C(F)(F)F)cc(C(F)(F)F)c1.COc1c(C)cc(C)cc1N=Nc1ccc(C#N)cc1. The van der Waals surface area contributed by atoms with Gasteiger partial charge in [-0.2, -0.15) is 41.8 Å². The Morgan fingerprint density at radius 3 is 1.35 bits per heavy atom. The van der Waals surface area contributed by atoms with Crippen LogP contribution in [0.15, 0.2) is 87.2 Å². The van der Waals surface area contributed by atoms with Crippen LogP contribution in [-0.2, 0) is 12.4 Å². The molecule has 0 aliphatic carbocycles. The molecule has 0 amide bonds. The third-order valence-electron chi connectivity index (χ3n) is 6.32. The summed E-state index contributed by atoms with van der Waals surface area (Å²) >= 11 is 0. The minimum absolute atomic E-state index is 0.0381. The van der Waals surface area contributed by atoms with Gasteiger partial charge in [-0.05, 0) is 105 Å². The molecule has 0 fully saturated rings. The molecule has 0 spiro atoms. The Hall–Kier alpha value is -5.25. The van der Waals surface area contributed by atoms with Crippen LogP contribution >= 0.6 is 0 Å². The van der Waals surface area contributed by atoms with Gasteiger partial charge in [-0.25, -0.2) is 0 Å². The second-order valence-corrected chi connectivity index (χ2v) is 10.1. The molecule has 4 aromatic rings. The van der Waals surface area contributed by atoms with Gasteiger partial charge in [0.1, 0.15) is 22.9 Å². The standard InChI is InChI=1S/C17H14F6N2O.C16H15N3O/c1-9-4-10(2)15(26-3)14(5-9)25-24-13-7-11(16(18,19)20)6-12(8-13)17(21,22)23;1-11-8-12(2)16(20-3)15(9-11)19-18-14-6-4-13(10-17)5-7-14/h4-8H,1-3H3;4-9H,1-3H3. The first-order valence-electron chi connectivity index (χ1n) is 13.5. The third-order valence-corrected chi connectivity index (χ3v) is 6.32. The van der Waals surface area contributed by atoms with Gasteiger partial charge in [0.05, 0.1) is 48.4 Å². The number of azo groups is 2. The van der Waals surface area contributed by atoms with Crippen molar-refractivity contribution < 1.29 is 35.8 Å². The maximum Gasteiger partial charge on any atom is 0.416 e. The molecule has 0 N–H and O–H groups in total. The summed E-state index contributed by atoms with van der Waals surface area (Å²) in [6.45, 7) is 7.48. The summed E-state index contributed by atoms with van der Waals surface area (Å²) in [6, 6.07) is 17.4. The van der Waals surface area contributed by atoms with E-state index in [1.807, 2.05) is 26.0 Å². The van der Waals surface area contributed by atoms with Gasteiger partial charge in [0, 0.05) is 0 Å². The average molecular weight is 642 g/mol. The summed E-state index contributed by atoms with van der Waals surface area (Å²) in [6.07, 6.45) is -9.88. The molecule has 7 nitrogen and oxygen atoms in total. The largest absolute Gasteiger partial charge is 0.494 e. The lowest BCUT2D eigenvalue weighted by Crippen LogP contribution is -2.10. The number of benzene rings is 4. The Kier molecular flexibility index (Phi) is 11.2. The zero-order chi connectivity index (χ0) is 34.2. The fourth-order valence-corrected chi connectivity index (χ4v) is 4.37. The van der Waals surface area contributed by atoms with Crippen molar-refractivity contribution in [3.8, 4) is 17.6 Å². The van der Waals surface area contributed by atoms with Crippen molar-refractivity contribution >= 4 is 22.7 Å². The maximum absolute atomic E-state index is 12.9. The van der Waals surface area contributed by atoms with Crippen LogP contribution in [0, 0.1) is 39.0 Å². The Labute approximate surface area is 261 Å². The van der Waals surface area contributed by atoms with Crippen molar-refractivity contribution in [2.24, 2.45) is 20.5 Å². The minimum Gasteiger partial charge on any atom is -0.494 e. The van der Waals surface area contributed by atoms with Crippen LogP contribution in [-0.4, -0.2) is 14.2 Å². The van der Waals surface area contributed by atoms with Crippen LogP contribution in [0.4, 0.5) is 49.1 Å². The van der Waals surface area contributed by atoms with E-state index in [2.05, 4.69) is 26.5 Å². The third kappa shape index (κ3) is 9.37. The Bertz CT molecular complexity index is 1760. The van der Waals surface area contributed by atoms with Crippen molar-refractivity contribution in [1.29, 1.82) is 5.26 Å². The number of halogens is 6. The maximum atomic E-state index is 12.9. The molecule has 0 saturated heterocycles. The van der Waals surface area contributed by atoms with Gasteiger partial charge in [0.25, 0.3) is 0 Å². The second-order valence-electron chi connectivity index (χ2n) is 10.1. The first-order chi connectivity index (χ1) is 21.5. The number of ether oxygens (including phenoxy) is 2. The molecule has 46 heavy (non-hydrogen) atoms. The predicted octanol–water partition coefficient (Wildman–Crippen LogP) is 11.4. The normalized spacial score (nSPS) is 11.7. The number of hydrogen-bond acceptors (Lipinski definition) is 7. The van der Waals surface area contributed by atoms with Gasteiger partial charge in [0.15, 0.2) is 0 Å². The zero-order valence-electron chi connectivity index (χ0n) is 25.7. The van der Waals surface area contributed by atoms with Gasteiger partial charge in [-0.15, -0.1) is 10.2 Å². The molecule has 0 bridgehead atoms. The minimum atomic E-state index is -4.94. The summed E-state index contributed by atoms with van der Waals surface area (Å²) in [4.78, 5) is 0. The highest BCUT2D eigenvalue weighted by molar-refractivity contribution is 5.59. The van der Waals surface area contributed by atoms with Crippen LogP contribution in [0.3, 0.4) is 0 Å². The lowest BCUT2D eigenvalue weighted by Gasteiger charge is -2.12. The molecular formula is C33H29F6N5O2. The highest BCUT2D eigenvalue weighted by Gasteiger charge is 2.37. The molecule has 0 aliphatic heterocycles. The van der Waals surface area contributed by atoms with Gasteiger partial charge in [-0.3, -0.25) is 0 Å². The van der Waals surface area contributed by atoms with E-state index >= 15 is 0 Å². The molecule has 0 unspecified atom stereocenters. The summed E-state index contributed by atoms with van der Waals surface area (Å²) in [5, 5.41) is 24.5. The average Bonchev–Trinajstić information content (AvgIpc) is 2.98. The number of methoxy groups -OCH3 is 2.